The first-order chi connectivity index (χ1) is 9.64. The van der Waals surface area contributed by atoms with Crippen LogP contribution >= 0.6 is 0 Å². The molecule has 0 rings (SSSR count). The molecular weight excluding hydrogens is 260 g/mol. The third kappa shape index (κ3) is 16.1. The lowest BCUT2D eigenvalue weighted by molar-refractivity contribution is -0.0735. The van der Waals surface area contributed by atoms with Crippen molar-refractivity contribution < 1.29 is 9.47 Å². The molecule has 0 saturated carbocycles. The van der Waals surface area contributed by atoms with Gasteiger partial charge in [-0.05, 0) is 60.8 Å². The molecule has 0 amide bonds. The van der Waals surface area contributed by atoms with Gasteiger partial charge in [-0.2, -0.15) is 0 Å². The molecule has 0 spiro atoms. The lowest BCUT2D eigenvalue weighted by atomic mass is 10.0. The van der Waals surface area contributed by atoms with Gasteiger partial charge in [0.15, 0.2) is 0 Å². The van der Waals surface area contributed by atoms with E-state index in [0.717, 1.165) is 19.4 Å². The van der Waals surface area contributed by atoms with Crippen LogP contribution < -0.4 is 0 Å². The van der Waals surface area contributed by atoms with E-state index in [9.17, 15) is 0 Å². The quantitative estimate of drug-likeness (QED) is 0.427. The second-order valence-corrected chi connectivity index (χ2v) is 8.16. The number of rotatable bonds is 11. The van der Waals surface area contributed by atoms with Crippen LogP contribution in [0.1, 0.15) is 99.8 Å². The molecular formula is C19H40O2. The van der Waals surface area contributed by atoms with Crippen molar-refractivity contribution in [1.29, 1.82) is 0 Å². The van der Waals surface area contributed by atoms with Gasteiger partial charge < -0.3 is 9.47 Å². The minimum Gasteiger partial charge on any atom is -0.376 e. The van der Waals surface area contributed by atoms with E-state index in [0.29, 0.717) is 6.10 Å². The molecule has 1 atom stereocenters. The van der Waals surface area contributed by atoms with Crippen LogP contribution in [-0.4, -0.2) is 23.9 Å². The summed E-state index contributed by atoms with van der Waals surface area (Å²) in [5, 5.41) is 0. The number of hydrogen-bond acceptors (Lipinski definition) is 2. The summed E-state index contributed by atoms with van der Waals surface area (Å²) in [5.41, 5.74) is -0.0699. The predicted molar refractivity (Wildman–Crippen MR) is 92.9 cm³/mol. The Morgan fingerprint density at radius 3 is 1.81 bits per heavy atom. The molecule has 0 N–H and O–H groups in total. The van der Waals surface area contributed by atoms with E-state index in [1.54, 1.807) is 0 Å². The molecule has 0 aliphatic heterocycles. The molecule has 0 aromatic rings. The Balaban J connectivity index is 3.97. The topological polar surface area (TPSA) is 18.5 Å². The summed E-state index contributed by atoms with van der Waals surface area (Å²) in [6.45, 7) is 15.9. The second-order valence-electron chi connectivity index (χ2n) is 8.16. The third-order valence-electron chi connectivity index (χ3n) is 3.36. The fourth-order valence-corrected chi connectivity index (χ4v) is 2.43. The van der Waals surface area contributed by atoms with Crippen molar-refractivity contribution in [2.45, 2.75) is 117 Å². The number of ether oxygens (including phenoxy) is 2. The Kier molecular flexibility index (Phi) is 10.6. The van der Waals surface area contributed by atoms with Crippen molar-refractivity contribution in [1.82, 2.24) is 0 Å². The zero-order valence-electron chi connectivity index (χ0n) is 15.8. The van der Waals surface area contributed by atoms with Crippen molar-refractivity contribution >= 4 is 0 Å². The Bertz CT molecular complexity index is 235. The van der Waals surface area contributed by atoms with Crippen molar-refractivity contribution in [2.75, 3.05) is 6.61 Å². The maximum absolute atomic E-state index is 6.22. The van der Waals surface area contributed by atoms with Gasteiger partial charge in [0, 0.05) is 6.61 Å². The summed E-state index contributed by atoms with van der Waals surface area (Å²) in [5.74, 6) is 0. The molecule has 2 heteroatoms. The van der Waals surface area contributed by atoms with Crippen LogP contribution in [-0.2, 0) is 9.47 Å². The van der Waals surface area contributed by atoms with E-state index >= 15 is 0 Å². The number of hydrogen-bond donors (Lipinski definition) is 0. The van der Waals surface area contributed by atoms with Gasteiger partial charge in [0.1, 0.15) is 0 Å². The van der Waals surface area contributed by atoms with Crippen LogP contribution in [0.15, 0.2) is 0 Å². The van der Waals surface area contributed by atoms with Crippen molar-refractivity contribution in [3.05, 3.63) is 0 Å². The molecule has 1 unspecified atom stereocenters. The fraction of sp³-hybridized carbons (Fsp3) is 1.00. The van der Waals surface area contributed by atoms with Gasteiger partial charge in [-0.1, -0.05) is 39.0 Å². The largest absolute Gasteiger partial charge is 0.376 e. The summed E-state index contributed by atoms with van der Waals surface area (Å²) in [6.07, 6.45) is 10.5. The van der Waals surface area contributed by atoms with Crippen LogP contribution in [0.5, 0.6) is 0 Å². The molecule has 0 aromatic carbocycles. The number of unbranched alkanes of at least 4 members (excludes halogenated alkanes) is 4. The van der Waals surface area contributed by atoms with Crippen molar-refractivity contribution in [2.24, 2.45) is 0 Å². The molecule has 21 heavy (non-hydrogen) atoms. The molecule has 0 radical (unpaired) electrons. The van der Waals surface area contributed by atoms with Crippen LogP contribution in [0.3, 0.4) is 0 Å². The lowest BCUT2D eigenvalue weighted by Gasteiger charge is -2.28. The molecule has 128 valence electrons. The fourth-order valence-electron chi connectivity index (χ4n) is 2.43. The van der Waals surface area contributed by atoms with Gasteiger partial charge in [-0.15, -0.1) is 0 Å². The zero-order chi connectivity index (χ0) is 16.4. The molecule has 0 aromatic heterocycles. The van der Waals surface area contributed by atoms with E-state index < -0.39 is 0 Å². The van der Waals surface area contributed by atoms with Gasteiger partial charge in [-0.3, -0.25) is 0 Å². The highest BCUT2D eigenvalue weighted by atomic mass is 16.5. The van der Waals surface area contributed by atoms with E-state index in [1.165, 1.54) is 38.5 Å². The SMILES string of the molecule is CCCCCCCC(CCCOC(C)(C)C)OC(C)(C)C. The second kappa shape index (κ2) is 10.6. The smallest absolute Gasteiger partial charge is 0.0602 e. The van der Waals surface area contributed by atoms with Gasteiger partial charge >= 0.3 is 0 Å². The van der Waals surface area contributed by atoms with Crippen LogP contribution in [0.2, 0.25) is 0 Å². The maximum Gasteiger partial charge on any atom is 0.0602 e. The third-order valence-corrected chi connectivity index (χ3v) is 3.36. The summed E-state index contributed by atoms with van der Waals surface area (Å²) < 4.78 is 12.0. The molecule has 2 nitrogen and oxygen atoms in total. The highest BCUT2D eigenvalue weighted by Gasteiger charge is 2.19. The lowest BCUT2D eigenvalue weighted by Crippen LogP contribution is -2.28. The predicted octanol–water partition coefficient (Wildman–Crippen LogP) is 6.13. The molecule has 0 saturated heterocycles. The van der Waals surface area contributed by atoms with E-state index in [1.807, 2.05) is 0 Å². The first-order valence-corrected chi connectivity index (χ1v) is 8.96. The highest BCUT2D eigenvalue weighted by Crippen LogP contribution is 2.20. The molecule has 0 aliphatic carbocycles. The van der Waals surface area contributed by atoms with Gasteiger partial charge in [0.2, 0.25) is 0 Å². The Labute approximate surface area is 134 Å². The minimum absolute atomic E-state index is 0.0272. The molecule has 0 heterocycles. The average Bonchev–Trinajstić information content (AvgIpc) is 2.31. The van der Waals surface area contributed by atoms with Gasteiger partial charge in [0.05, 0.1) is 17.3 Å². The Hall–Kier alpha value is -0.0800. The zero-order valence-corrected chi connectivity index (χ0v) is 15.8. The Morgan fingerprint density at radius 1 is 0.714 bits per heavy atom. The van der Waals surface area contributed by atoms with Crippen LogP contribution in [0, 0.1) is 0 Å². The monoisotopic (exact) mass is 300 g/mol. The molecule has 0 aliphatic rings. The highest BCUT2D eigenvalue weighted by molar-refractivity contribution is 4.68. The first kappa shape index (κ1) is 20.9. The molecule has 0 bridgehead atoms. The van der Waals surface area contributed by atoms with E-state index in [-0.39, 0.29) is 11.2 Å². The first-order valence-electron chi connectivity index (χ1n) is 8.96. The summed E-state index contributed by atoms with van der Waals surface area (Å²) >= 11 is 0. The van der Waals surface area contributed by atoms with Crippen LogP contribution in [0.4, 0.5) is 0 Å². The minimum atomic E-state index is -0.0427. The normalized spacial score (nSPS) is 14.4. The van der Waals surface area contributed by atoms with E-state index in [4.69, 9.17) is 9.47 Å². The Morgan fingerprint density at radius 2 is 1.29 bits per heavy atom. The van der Waals surface area contributed by atoms with Crippen molar-refractivity contribution in [3.63, 3.8) is 0 Å². The van der Waals surface area contributed by atoms with Gasteiger partial charge in [-0.25, -0.2) is 0 Å². The standard InChI is InChI=1S/C19H40O2/c1-8-9-10-11-12-14-17(21-19(5,6)7)15-13-16-20-18(2,3)4/h17H,8-16H2,1-7H3. The maximum atomic E-state index is 6.22. The van der Waals surface area contributed by atoms with Crippen LogP contribution in [0.25, 0.3) is 0 Å². The molecule has 0 fully saturated rings. The summed E-state index contributed by atoms with van der Waals surface area (Å²) in [7, 11) is 0. The van der Waals surface area contributed by atoms with Gasteiger partial charge in [0.25, 0.3) is 0 Å². The van der Waals surface area contributed by atoms with Crippen molar-refractivity contribution in [3.8, 4) is 0 Å². The summed E-state index contributed by atoms with van der Waals surface area (Å²) in [4.78, 5) is 0. The average molecular weight is 301 g/mol. The summed E-state index contributed by atoms with van der Waals surface area (Å²) in [6, 6.07) is 0. The van der Waals surface area contributed by atoms with E-state index in [2.05, 4.69) is 48.5 Å².